The number of hydrogen-bond acceptors (Lipinski definition) is 3. The van der Waals surface area contributed by atoms with Crippen molar-refractivity contribution in [2.24, 2.45) is 0 Å². The van der Waals surface area contributed by atoms with E-state index in [9.17, 15) is 9.18 Å². The molecule has 0 aliphatic rings. The highest BCUT2D eigenvalue weighted by Gasteiger charge is 2.07. The Balaban J connectivity index is 1.66. The molecule has 0 radical (unpaired) electrons. The van der Waals surface area contributed by atoms with Crippen molar-refractivity contribution >= 4 is 22.4 Å². The molecule has 0 aliphatic heterocycles. The second-order valence-electron chi connectivity index (χ2n) is 5.19. The summed E-state index contributed by atoms with van der Waals surface area (Å²) in [5.74, 6) is 0.394. The molecule has 0 aliphatic carbocycles. The Bertz CT molecular complexity index is 879. The number of carbonyl (C=O) groups excluding carboxylic acids is 1. The van der Waals surface area contributed by atoms with Gasteiger partial charge in [-0.25, -0.2) is 4.39 Å². The van der Waals surface area contributed by atoms with Crippen molar-refractivity contribution in [3.05, 3.63) is 66.5 Å². The molecule has 0 atom stereocenters. The number of anilines is 1. The van der Waals surface area contributed by atoms with Gasteiger partial charge in [0.1, 0.15) is 17.3 Å². The van der Waals surface area contributed by atoms with E-state index < -0.39 is 11.7 Å². The number of rotatable bonds is 5. The molecule has 0 saturated carbocycles. The van der Waals surface area contributed by atoms with Gasteiger partial charge in [0.25, 0.3) is 5.91 Å². The second-order valence-corrected chi connectivity index (χ2v) is 5.19. The first-order chi connectivity index (χ1) is 11.7. The molecular formula is C19H16FNO3. The van der Waals surface area contributed by atoms with Gasteiger partial charge >= 0.3 is 0 Å². The third kappa shape index (κ3) is 3.63. The Hall–Kier alpha value is -3.08. The smallest absolute Gasteiger partial charge is 0.262 e. The number of halogens is 1. The Morgan fingerprint density at radius 3 is 2.46 bits per heavy atom. The van der Waals surface area contributed by atoms with Crippen LogP contribution in [0.5, 0.6) is 11.5 Å². The van der Waals surface area contributed by atoms with E-state index in [4.69, 9.17) is 9.47 Å². The first-order valence-electron chi connectivity index (χ1n) is 7.41. The number of nitrogens with one attached hydrogen (secondary N) is 1. The van der Waals surface area contributed by atoms with Gasteiger partial charge in [0.2, 0.25) is 0 Å². The first-order valence-corrected chi connectivity index (χ1v) is 7.41. The van der Waals surface area contributed by atoms with Crippen LogP contribution < -0.4 is 14.8 Å². The van der Waals surface area contributed by atoms with Gasteiger partial charge in [0.15, 0.2) is 6.61 Å². The largest absolute Gasteiger partial charge is 0.497 e. The molecule has 0 saturated heterocycles. The molecule has 0 heterocycles. The molecule has 5 heteroatoms. The van der Waals surface area contributed by atoms with E-state index in [-0.39, 0.29) is 12.3 Å². The number of carbonyl (C=O) groups is 1. The molecule has 4 nitrogen and oxygen atoms in total. The van der Waals surface area contributed by atoms with Crippen LogP contribution in [0, 0.1) is 5.82 Å². The predicted octanol–water partition coefficient (Wildman–Crippen LogP) is 4.01. The van der Waals surface area contributed by atoms with Crippen LogP contribution in [0.25, 0.3) is 10.8 Å². The van der Waals surface area contributed by atoms with Gasteiger partial charge in [-0.3, -0.25) is 4.79 Å². The fraction of sp³-hybridized carbons (Fsp3) is 0.105. The molecule has 1 N–H and O–H groups in total. The molecule has 3 rings (SSSR count). The quantitative estimate of drug-likeness (QED) is 0.771. The summed E-state index contributed by atoms with van der Waals surface area (Å²) in [5.41, 5.74) is 0.134. The van der Waals surface area contributed by atoms with E-state index in [0.717, 1.165) is 16.5 Å². The van der Waals surface area contributed by atoms with Gasteiger partial charge in [-0.2, -0.15) is 0 Å². The molecule has 0 fully saturated rings. The van der Waals surface area contributed by atoms with Gasteiger partial charge < -0.3 is 14.8 Å². The molecule has 1 amide bonds. The zero-order chi connectivity index (χ0) is 16.9. The van der Waals surface area contributed by atoms with Crippen LogP contribution in [0.15, 0.2) is 60.7 Å². The minimum absolute atomic E-state index is 0.134. The normalized spacial score (nSPS) is 10.4. The zero-order valence-corrected chi connectivity index (χ0v) is 13.1. The van der Waals surface area contributed by atoms with Crippen LogP contribution in [0.1, 0.15) is 0 Å². The van der Waals surface area contributed by atoms with Crippen molar-refractivity contribution in [2.45, 2.75) is 0 Å². The van der Waals surface area contributed by atoms with Crippen molar-refractivity contribution in [3.8, 4) is 11.5 Å². The SMILES string of the molecule is COc1ccc2ccc(OCC(=O)Nc3ccccc3F)cc2c1. The Labute approximate surface area is 138 Å². The number of benzene rings is 3. The lowest BCUT2D eigenvalue weighted by Gasteiger charge is -2.09. The van der Waals surface area contributed by atoms with E-state index in [1.807, 2.05) is 30.3 Å². The highest BCUT2D eigenvalue weighted by molar-refractivity contribution is 5.92. The molecule has 0 bridgehead atoms. The standard InChI is InChI=1S/C19H16FNO3/c1-23-15-8-6-13-7-9-16(11-14(13)10-15)24-12-19(22)21-18-5-3-2-4-17(18)20/h2-11H,12H2,1H3,(H,21,22). The number of amides is 1. The molecule has 0 unspecified atom stereocenters. The van der Waals surface area contributed by atoms with Crippen LogP contribution in [-0.4, -0.2) is 19.6 Å². The lowest BCUT2D eigenvalue weighted by molar-refractivity contribution is -0.118. The van der Waals surface area contributed by atoms with Gasteiger partial charge in [0, 0.05) is 0 Å². The van der Waals surface area contributed by atoms with Crippen molar-refractivity contribution in [1.29, 1.82) is 0 Å². The summed E-state index contributed by atoms with van der Waals surface area (Å²) >= 11 is 0. The van der Waals surface area contributed by atoms with Crippen molar-refractivity contribution in [2.75, 3.05) is 19.0 Å². The molecule has 122 valence electrons. The van der Waals surface area contributed by atoms with E-state index >= 15 is 0 Å². The first kappa shape index (κ1) is 15.8. The predicted molar refractivity (Wildman–Crippen MR) is 91.0 cm³/mol. The zero-order valence-electron chi connectivity index (χ0n) is 13.1. The maximum atomic E-state index is 13.5. The average Bonchev–Trinajstić information content (AvgIpc) is 2.61. The molecule has 3 aromatic carbocycles. The van der Waals surface area contributed by atoms with Gasteiger partial charge in [0.05, 0.1) is 12.8 Å². The maximum absolute atomic E-state index is 13.5. The Morgan fingerprint density at radius 2 is 1.71 bits per heavy atom. The van der Waals surface area contributed by atoms with E-state index in [0.29, 0.717) is 5.75 Å². The lowest BCUT2D eigenvalue weighted by Crippen LogP contribution is -2.20. The summed E-state index contributed by atoms with van der Waals surface area (Å²) in [4.78, 5) is 11.9. The number of methoxy groups -OCH3 is 1. The van der Waals surface area contributed by atoms with Gasteiger partial charge in [-0.1, -0.05) is 24.3 Å². The van der Waals surface area contributed by atoms with Crippen LogP contribution in [0.4, 0.5) is 10.1 Å². The van der Waals surface area contributed by atoms with E-state index in [1.165, 1.54) is 12.1 Å². The van der Waals surface area contributed by atoms with Crippen molar-refractivity contribution in [3.63, 3.8) is 0 Å². The minimum Gasteiger partial charge on any atom is -0.497 e. The molecule has 0 spiro atoms. The van der Waals surface area contributed by atoms with E-state index in [1.54, 1.807) is 25.3 Å². The fourth-order valence-corrected chi connectivity index (χ4v) is 2.32. The third-order valence-electron chi connectivity index (χ3n) is 3.54. The molecule has 24 heavy (non-hydrogen) atoms. The Morgan fingerprint density at radius 1 is 1.00 bits per heavy atom. The average molecular weight is 325 g/mol. The molecule has 0 aromatic heterocycles. The topological polar surface area (TPSA) is 47.6 Å². The van der Waals surface area contributed by atoms with Gasteiger partial charge in [-0.15, -0.1) is 0 Å². The maximum Gasteiger partial charge on any atom is 0.262 e. The second kappa shape index (κ2) is 7.00. The molecular weight excluding hydrogens is 309 g/mol. The third-order valence-corrected chi connectivity index (χ3v) is 3.54. The van der Waals surface area contributed by atoms with Crippen LogP contribution in [-0.2, 0) is 4.79 Å². The van der Waals surface area contributed by atoms with Crippen LogP contribution in [0.3, 0.4) is 0 Å². The van der Waals surface area contributed by atoms with Crippen molar-refractivity contribution in [1.82, 2.24) is 0 Å². The summed E-state index contributed by atoms with van der Waals surface area (Å²) in [5, 5.41) is 4.46. The highest BCUT2D eigenvalue weighted by atomic mass is 19.1. The minimum atomic E-state index is -0.483. The summed E-state index contributed by atoms with van der Waals surface area (Å²) < 4.78 is 24.2. The monoisotopic (exact) mass is 325 g/mol. The summed E-state index contributed by atoms with van der Waals surface area (Å²) in [6.45, 7) is -0.205. The number of fused-ring (bicyclic) bond motifs is 1. The highest BCUT2D eigenvalue weighted by Crippen LogP contribution is 2.25. The number of ether oxygens (including phenoxy) is 2. The van der Waals surface area contributed by atoms with Crippen molar-refractivity contribution < 1.29 is 18.7 Å². The summed E-state index contributed by atoms with van der Waals surface area (Å²) in [6.07, 6.45) is 0. The number of hydrogen-bond donors (Lipinski definition) is 1. The van der Waals surface area contributed by atoms with Crippen LogP contribution in [0.2, 0.25) is 0 Å². The molecule has 3 aromatic rings. The fourth-order valence-electron chi connectivity index (χ4n) is 2.32. The summed E-state index contributed by atoms with van der Waals surface area (Å²) in [6, 6.07) is 17.2. The number of para-hydroxylation sites is 1. The van der Waals surface area contributed by atoms with E-state index in [2.05, 4.69) is 5.32 Å². The van der Waals surface area contributed by atoms with Crippen LogP contribution >= 0.6 is 0 Å². The summed E-state index contributed by atoms with van der Waals surface area (Å²) in [7, 11) is 1.61. The Kier molecular flexibility index (Phi) is 4.61. The lowest BCUT2D eigenvalue weighted by atomic mass is 10.1. The van der Waals surface area contributed by atoms with Gasteiger partial charge in [-0.05, 0) is 47.2 Å².